The van der Waals surface area contributed by atoms with Crippen LogP contribution in [0.3, 0.4) is 0 Å². The maximum atomic E-state index is 13.2. The molecule has 1 aromatic carbocycles. The van der Waals surface area contributed by atoms with E-state index in [1.54, 1.807) is 7.05 Å². The monoisotopic (exact) mass is 397 g/mol. The maximum Gasteiger partial charge on any atom is 0.332 e. The molecular weight excluding hydrogens is 370 g/mol. The molecule has 0 unspecified atom stereocenters. The van der Waals surface area contributed by atoms with Gasteiger partial charge in [-0.2, -0.15) is 4.98 Å². The van der Waals surface area contributed by atoms with Gasteiger partial charge in [-0.1, -0.05) is 12.1 Å². The minimum Gasteiger partial charge on any atom is -0.380 e. The molecule has 3 heterocycles. The number of hydrogen-bond acceptors (Lipinski definition) is 5. The van der Waals surface area contributed by atoms with Crippen LogP contribution >= 0.6 is 0 Å². The second-order valence-corrected chi connectivity index (χ2v) is 7.46. The van der Waals surface area contributed by atoms with Crippen molar-refractivity contribution in [2.24, 2.45) is 7.05 Å². The van der Waals surface area contributed by atoms with E-state index in [-0.39, 0.29) is 17.8 Å². The highest BCUT2D eigenvalue weighted by Gasteiger charge is 2.27. The van der Waals surface area contributed by atoms with Crippen molar-refractivity contribution in [2.75, 3.05) is 24.7 Å². The number of anilines is 2. The zero-order valence-corrected chi connectivity index (χ0v) is 17.4. The van der Waals surface area contributed by atoms with Gasteiger partial charge in [0.05, 0.1) is 13.2 Å². The number of nitrogens with zero attached hydrogens (tertiary/aromatic N) is 5. The van der Waals surface area contributed by atoms with Crippen LogP contribution in [0.5, 0.6) is 0 Å². The lowest BCUT2D eigenvalue weighted by molar-refractivity contribution is 0.137. The standard InChI is InChI=1S/C21H27N5O3/c1-5-29-13-12-26-19(27)17-18(23(4)21(26)28)22-20-24(10-7-11-25(17)20)16-9-6-8-14(2)15(16)3/h6,8-9H,5,7,10-13H2,1-4H3. The Kier molecular flexibility index (Phi) is 5.04. The molecule has 8 nitrogen and oxygen atoms in total. The summed E-state index contributed by atoms with van der Waals surface area (Å²) in [6, 6.07) is 6.21. The van der Waals surface area contributed by atoms with Crippen molar-refractivity contribution < 1.29 is 4.74 Å². The molecule has 3 aromatic rings. The van der Waals surface area contributed by atoms with E-state index < -0.39 is 0 Å². The minimum atomic E-state index is -0.365. The Hall–Kier alpha value is -2.87. The second-order valence-electron chi connectivity index (χ2n) is 7.46. The molecule has 4 rings (SSSR count). The SMILES string of the molecule is CCOCCn1c(=O)c2c(nc3n2CCCN3c2cccc(C)c2C)n(C)c1=O. The smallest absolute Gasteiger partial charge is 0.332 e. The molecule has 0 saturated carbocycles. The average Bonchev–Trinajstić information content (AvgIpc) is 3.11. The molecule has 0 spiro atoms. The highest BCUT2D eigenvalue weighted by atomic mass is 16.5. The Balaban J connectivity index is 1.92. The Bertz CT molecular complexity index is 1190. The van der Waals surface area contributed by atoms with E-state index >= 15 is 0 Å². The van der Waals surface area contributed by atoms with Crippen LogP contribution in [0, 0.1) is 13.8 Å². The van der Waals surface area contributed by atoms with E-state index in [0.29, 0.717) is 30.9 Å². The third kappa shape index (κ3) is 3.07. The molecule has 29 heavy (non-hydrogen) atoms. The van der Waals surface area contributed by atoms with Crippen LogP contribution in [-0.2, 0) is 24.9 Å². The van der Waals surface area contributed by atoms with Gasteiger partial charge in [0.15, 0.2) is 11.2 Å². The van der Waals surface area contributed by atoms with E-state index in [0.717, 1.165) is 24.6 Å². The summed E-state index contributed by atoms with van der Waals surface area (Å²) in [7, 11) is 1.67. The van der Waals surface area contributed by atoms with Gasteiger partial charge in [-0.25, -0.2) is 4.79 Å². The number of aryl methyl sites for hydroxylation is 3. The normalized spacial score (nSPS) is 13.9. The molecular formula is C21H27N5O3. The number of aromatic nitrogens is 4. The van der Waals surface area contributed by atoms with Crippen LogP contribution in [0.1, 0.15) is 24.5 Å². The Morgan fingerprint density at radius 3 is 2.72 bits per heavy atom. The Labute approximate surface area is 169 Å². The third-order valence-corrected chi connectivity index (χ3v) is 5.75. The summed E-state index contributed by atoms with van der Waals surface area (Å²) in [5.41, 5.74) is 3.73. The molecule has 2 aromatic heterocycles. The molecule has 0 N–H and O–H groups in total. The number of fused-ring (bicyclic) bond motifs is 3. The summed E-state index contributed by atoms with van der Waals surface area (Å²) in [6.45, 7) is 8.70. The number of imidazole rings is 1. The van der Waals surface area contributed by atoms with Gasteiger partial charge in [0.1, 0.15) is 0 Å². The van der Waals surface area contributed by atoms with E-state index in [2.05, 4.69) is 30.9 Å². The number of rotatable bonds is 5. The molecule has 0 amide bonds. The van der Waals surface area contributed by atoms with Gasteiger partial charge in [-0.05, 0) is 44.4 Å². The molecule has 0 fully saturated rings. The lowest BCUT2D eigenvalue weighted by Gasteiger charge is -2.30. The molecule has 154 valence electrons. The first-order chi connectivity index (χ1) is 14.0. The van der Waals surface area contributed by atoms with Gasteiger partial charge in [0, 0.05) is 32.4 Å². The van der Waals surface area contributed by atoms with E-state index in [1.807, 2.05) is 17.6 Å². The van der Waals surface area contributed by atoms with Gasteiger partial charge in [0.25, 0.3) is 5.56 Å². The van der Waals surface area contributed by atoms with E-state index in [9.17, 15) is 9.59 Å². The Morgan fingerprint density at radius 1 is 1.17 bits per heavy atom. The Morgan fingerprint density at radius 2 is 1.97 bits per heavy atom. The van der Waals surface area contributed by atoms with Crippen LogP contribution in [0.15, 0.2) is 27.8 Å². The lowest BCUT2D eigenvalue weighted by Crippen LogP contribution is -2.40. The van der Waals surface area contributed by atoms with Crippen LogP contribution in [0.2, 0.25) is 0 Å². The first-order valence-electron chi connectivity index (χ1n) is 10.1. The summed E-state index contributed by atoms with van der Waals surface area (Å²) in [6.07, 6.45) is 0.896. The summed E-state index contributed by atoms with van der Waals surface area (Å²) in [5.74, 6) is 0.717. The number of ether oxygens (including phenoxy) is 1. The molecule has 0 bridgehead atoms. The van der Waals surface area contributed by atoms with Crippen LogP contribution in [0.4, 0.5) is 11.6 Å². The van der Waals surface area contributed by atoms with Gasteiger partial charge in [-0.15, -0.1) is 0 Å². The fraction of sp³-hybridized carbons (Fsp3) is 0.476. The van der Waals surface area contributed by atoms with Crippen LogP contribution in [0.25, 0.3) is 11.2 Å². The molecule has 0 radical (unpaired) electrons. The highest BCUT2D eigenvalue weighted by molar-refractivity contribution is 5.77. The summed E-state index contributed by atoms with van der Waals surface area (Å²) in [5, 5.41) is 0. The van der Waals surface area contributed by atoms with Crippen molar-refractivity contribution in [3.63, 3.8) is 0 Å². The fourth-order valence-electron chi connectivity index (χ4n) is 4.02. The van der Waals surface area contributed by atoms with Crippen LogP contribution in [-0.4, -0.2) is 38.4 Å². The van der Waals surface area contributed by atoms with E-state index in [4.69, 9.17) is 9.72 Å². The summed E-state index contributed by atoms with van der Waals surface area (Å²) < 4.78 is 10.0. The van der Waals surface area contributed by atoms with Gasteiger partial charge in [0.2, 0.25) is 5.95 Å². The van der Waals surface area contributed by atoms with Crippen molar-refractivity contribution in [1.82, 2.24) is 18.7 Å². The summed E-state index contributed by atoms with van der Waals surface area (Å²) in [4.78, 5) is 32.9. The first-order valence-corrected chi connectivity index (χ1v) is 10.1. The van der Waals surface area contributed by atoms with Crippen LogP contribution < -0.4 is 16.1 Å². The van der Waals surface area contributed by atoms with Crippen molar-refractivity contribution in [3.05, 3.63) is 50.2 Å². The predicted octanol–water partition coefficient (Wildman–Crippen LogP) is 2.09. The third-order valence-electron chi connectivity index (χ3n) is 5.75. The topological polar surface area (TPSA) is 74.3 Å². The average molecular weight is 397 g/mol. The molecule has 0 atom stereocenters. The quantitative estimate of drug-likeness (QED) is 0.617. The number of hydrogen-bond donors (Lipinski definition) is 0. The molecule has 0 saturated heterocycles. The van der Waals surface area contributed by atoms with Gasteiger partial charge < -0.3 is 14.2 Å². The van der Waals surface area contributed by atoms with Crippen molar-refractivity contribution in [1.29, 1.82) is 0 Å². The maximum absolute atomic E-state index is 13.2. The molecule has 8 heteroatoms. The molecule has 1 aliphatic heterocycles. The minimum absolute atomic E-state index is 0.233. The largest absolute Gasteiger partial charge is 0.380 e. The van der Waals surface area contributed by atoms with Crippen molar-refractivity contribution in [3.8, 4) is 0 Å². The van der Waals surface area contributed by atoms with Crippen molar-refractivity contribution in [2.45, 2.75) is 40.3 Å². The lowest BCUT2D eigenvalue weighted by atomic mass is 10.1. The highest BCUT2D eigenvalue weighted by Crippen LogP contribution is 2.33. The first kappa shape index (κ1) is 19.4. The van der Waals surface area contributed by atoms with Gasteiger partial charge >= 0.3 is 5.69 Å². The fourth-order valence-corrected chi connectivity index (χ4v) is 4.02. The zero-order valence-electron chi connectivity index (χ0n) is 17.4. The van der Waals surface area contributed by atoms with Gasteiger partial charge in [-0.3, -0.25) is 13.9 Å². The van der Waals surface area contributed by atoms with E-state index in [1.165, 1.54) is 20.3 Å². The molecule has 1 aliphatic rings. The summed E-state index contributed by atoms with van der Waals surface area (Å²) >= 11 is 0. The second kappa shape index (κ2) is 7.51. The predicted molar refractivity (Wildman–Crippen MR) is 113 cm³/mol. The van der Waals surface area contributed by atoms with Crippen molar-refractivity contribution >= 4 is 22.8 Å². The number of benzene rings is 1. The molecule has 0 aliphatic carbocycles. The zero-order chi connectivity index (χ0) is 20.7.